The van der Waals surface area contributed by atoms with E-state index in [9.17, 15) is 39.9 Å². The lowest BCUT2D eigenvalue weighted by Crippen LogP contribution is -2.65. The first-order valence-corrected chi connectivity index (χ1v) is 32.8. The van der Waals surface area contributed by atoms with Crippen molar-refractivity contribution in [2.45, 2.75) is 194 Å². The van der Waals surface area contributed by atoms with Crippen molar-refractivity contribution in [1.82, 2.24) is 10.8 Å². The number of methoxy groups -OCH3 is 5. The third kappa shape index (κ3) is 16.8. The summed E-state index contributed by atoms with van der Waals surface area (Å²) >= 11 is 2.83. The average Bonchev–Trinajstić information content (AvgIpc) is 0.827. The van der Waals surface area contributed by atoms with Crippen LogP contribution in [-0.2, 0) is 57.1 Å². The molecule has 7 rings (SSSR count). The number of ether oxygens (including phenoxy) is 12. The normalized spacial score (nSPS) is 35.3. The number of hydroxylamine groups is 1. The molecule has 4 heterocycles. The first kappa shape index (κ1) is 71.3. The van der Waals surface area contributed by atoms with Crippen LogP contribution < -0.4 is 30.7 Å². The largest absolute Gasteiger partial charge is 0.492 e. The van der Waals surface area contributed by atoms with E-state index < -0.39 is 133 Å². The fourth-order valence-corrected chi connectivity index (χ4v) is 14.9. The number of Topliss-reactive ketones (excluding diaryl/α,β-unsaturated/α-hetero) is 1. The summed E-state index contributed by atoms with van der Waals surface area (Å²) in [4.78, 5) is 48.0. The van der Waals surface area contributed by atoms with Crippen LogP contribution in [0.3, 0.4) is 0 Å². The van der Waals surface area contributed by atoms with Crippen LogP contribution in [-0.4, -0.2) is 223 Å². The van der Waals surface area contributed by atoms with Crippen molar-refractivity contribution < 1.29 is 102 Å². The van der Waals surface area contributed by atoms with E-state index in [-0.39, 0.29) is 75.9 Å². The number of aliphatic hydroxyl groups is 5. The van der Waals surface area contributed by atoms with Crippen molar-refractivity contribution in [3.8, 4) is 40.9 Å². The number of benzene rings is 1. The van der Waals surface area contributed by atoms with Crippen molar-refractivity contribution in [2.24, 2.45) is 5.73 Å². The van der Waals surface area contributed by atoms with Gasteiger partial charge in [0, 0.05) is 60.8 Å². The lowest BCUT2D eigenvalue weighted by molar-refractivity contribution is -0.336. The minimum Gasteiger partial charge on any atom is -0.492 e. The van der Waals surface area contributed by atoms with E-state index in [1.807, 2.05) is 43.4 Å². The monoisotopic (exact) mass is 1390 g/mol. The minimum atomic E-state index is -2.05. The molecule has 24 nitrogen and oxygen atoms in total. The van der Waals surface area contributed by atoms with Gasteiger partial charge in [-0.2, -0.15) is 5.48 Å². The van der Waals surface area contributed by atoms with Gasteiger partial charge in [0.2, 0.25) is 17.2 Å². The number of halogens is 1. The van der Waals surface area contributed by atoms with E-state index in [1.54, 1.807) is 40.9 Å². The molecule has 6 aliphatic rings. The molecule has 0 spiro atoms. The molecule has 87 heavy (non-hydrogen) atoms. The summed E-state index contributed by atoms with van der Waals surface area (Å²) in [7, 11) is 9.86. The number of hydrogen-bond acceptors (Lipinski definition) is 27. The molecule has 0 radical (unpaired) electrons. The highest BCUT2D eigenvalue weighted by atomic mass is 127. The van der Waals surface area contributed by atoms with E-state index in [4.69, 9.17) is 67.4 Å². The zero-order valence-electron chi connectivity index (χ0n) is 50.7. The summed E-state index contributed by atoms with van der Waals surface area (Å²) < 4.78 is 72.6. The topological polar surface area (TPSA) is 322 Å². The molecule has 28 heteroatoms. The van der Waals surface area contributed by atoms with Crippen molar-refractivity contribution in [3.05, 3.63) is 49.6 Å². The number of allylic oxidation sites excluding steroid dienone is 2. The molecular formula is C59H82IN3O21S3. The molecule has 2 aliphatic carbocycles. The maximum absolute atomic E-state index is 14.5. The van der Waals surface area contributed by atoms with E-state index in [0.29, 0.717) is 28.0 Å². The van der Waals surface area contributed by atoms with Crippen LogP contribution in [0.5, 0.6) is 17.2 Å². The molecular weight excluding hydrogens is 1310 g/mol. The van der Waals surface area contributed by atoms with Gasteiger partial charge in [-0.3, -0.25) is 19.2 Å². The van der Waals surface area contributed by atoms with E-state index >= 15 is 0 Å². The summed E-state index contributed by atoms with van der Waals surface area (Å²) in [5.41, 5.74) is 7.70. The van der Waals surface area contributed by atoms with Gasteiger partial charge in [0.1, 0.15) is 36.6 Å². The second-order valence-electron chi connectivity index (χ2n) is 22.1. The third-order valence-electron chi connectivity index (χ3n) is 15.7. The number of nitrogens with one attached hydrogen (secondary N) is 2. The Bertz CT molecular complexity index is 2810. The highest BCUT2D eigenvalue weighted by molar-refractivity contribution is 14.1. The smallest absolute Gasteiger partial charge is 0.310 e. The molecule has 2 bridgehead atoms. The first-order chi connectivity index (χ1) is 41.4. The van der Waals surface area contributed by atoms with Gasteiger partial charge in [0.25, 0.3) is 0 Å². The first-order valence-electron chi connectivity index (χ1n) is 28.5. The lowest BCUT2D eigenvalue weighted by atomic mass is 9.72. The Balaban J connectivity index is 1.13. The quantitative estimate of drug-likeness (QED) is 0.0184. The summed E-state index contributed by atoms with van der Waals surface area (Å²) in [5.74, 6) is 10.8. The zero-order chi connectivity index (χ0) is 63.7. The minimum absolute atomic E-state index is 0.0170. The highest BCUT2D eigenvalue weighted by Gasteiger charge is 2.52. The zero-order valence-corrected chi connectivity index (χ0v) is 55.3. The highest BCUT2D eigenvalue weighted by Crippen LogP contribution is 2.49. The van der Waals surface area contributed by atoms with Crippen molar-refractivity contribution >= 4 is 72.8 Å². The van der Waals surface area contributed by atoms with Crippen LogP contribution in [0, 0.1) is 34.2 Å². The standard InChI is InChI=1S/C59H82IN3O21S3/c1-13-62-34-26-77-40(24-38(34)72-8)82-52-47(68)45(29(3)79-57(52)81-37-18-16-14-15-17-20-59(71)25-36(65)32(22-39(66)73-9)43(37)33(59)19-21-85-87-58(6,7)27-61)63-84-41-23-35(64)54(31(5)78-41)86-55(70)42-28(2)44(60)50(53(76-12)49(42)74-10)83-56-48(69)51(75-11)46(67)30(4)80-56/h14-15,19,29-31,34-35,37-38,40-41,45-48,51-52,54,56-57,62-64,67-69,71H,13,21-27,61H2,1-12H3/b15-14-,33-19+/t29-,30+,31-,34+,35+,37+,38+,40+,41+,45-,46+,47+,48-,51-,52-,54-,56+,57+,59+/m1/s1. The van der Waals surface area contributed by atoms with Crippen molar-refractivity contribution in [3.63, 3.8) is 0 Å². The number of thioether (sulfide) groups is 1. The van der Waals surface area contributed by atoms with Gasteiger partial charge in [-0.1, -0.05) is 70.0 Å². The number of rotatable bonds is 24. The fourth-order valence-electron chi connectivity index (χ4n) is 10.8. The Hall–Kier alpha value is -3.13. The predicted octanol–water partition coefficient (Wildman–Crippen LogP) is 2.91. The number of likely N-dealkylation sites (N-methyl/N-ethyl adjacent to an activating group) is 1. The molecule has 0 saturated carbocycles. The molecule has 19 atom stereocenters. The molecule has 0 aromatic heterocycles. The molecule has 4 fully saturated rings. The number of ketones is 1. The maximum Gasteiger partial charge on any atom is 0.310 e. The molecule has 4 aliphatic heterocycles. The van der Waals surface area contributed by atoms with E-state index in [2.05, 4.69) is 34.5 Å². The number of aliphatic hydroxyl groups excluding tert-OH is 4. The van der Waals surface area contributed by atoms with Crippen molar-refractivity contribution in [1.29, 1.82) is 0 Å². The van der Waals surface area contributed by atoms with Crippen LogP contribution >= 0.6 is 55.9 Å². The van der Waals surface area contributed by atoms with Gasteiger partial charge in [0.15, 0.2) is 41.8 Å². The number of carbonyl (C=O) groups excluding carboxylic acids is 3. The Morgan fingerprint density at radius 2 is 1.61 bits per heavy atom. The molecule has 4 saturated heterocycles. The van der Waals surface area contributed by atoms with Crippen LogP contribution in [0.2, 0.25) is 0 Å². The summed E-state index contributed by atoms with van der Waals surface area (Å²) in [6, 6.07) is -1.27. The summed E-state index contributed by atoms with van der Waals surface area (Å²) in [5, 5.41) is 60.4. The van der Waals surface area contributed by atoms with Gasteiger partial charge in [-0.05, 0) is 88.4 Å². The third-order valence-corrected chi connectivity index (χ3v) is 21.5. The van der Waals surface area contributed by atoms with Gasteiger partial charge in [-0.25, -0.2) is 0 Å². The Morgan fingerprint density at radius 1 is 0.897 bits per heavy atom. The number of hydrogen-bond donors (Lipinski definition) is 8. The van der Waals surface area contributed by atoms with E-state index in [0.717, 1.165) is 11.8 Å². The molecule has 484 valence electrons. The van der Waals surface area contributed by atoms with Gasteiger partial charge >= 0.3 is 5.97 Å². The van der Waals surface area contributed by atoms with Gasteiger partial charge < -0.3 is 93.4 Å². The number of fused-ring (bicyclic) bond motifs is 2. The Kier molecular flexibility index (Phi) is 26.2. The van der Waals surface area contributed by atoms with Gasteiger partial charge in [0.05, 0.1) is 97.8 Å². The predicted molar refractivity (Wildman–Crippen MR) is 330 cm³/mol. The van der Waals surface area contributed by atoms with Crippen LogP contribution in [0.25, 0.3) is 0 Å². The molecule has 0 unspecified atom stereocenters. The average molecular weight is 1390 g/mol. The molecule has 0 amide bonds. The number of carbonyl (C=O) groups is 3. The maximum atomic E-state index is 14.5. The van der Waals surface area contributed by atoms with Crippen LogP contribution in [0.1, 0.15) is 83.1 Å². The van der Waals surface area contributed by atoms with Crippen LogP contribution in [0.4, 0.5) is 0 Å². The number of nitrogens with two attached hydrogens (primary N) is 1. The van der Waals surface area contributed by atoms with Crippen LogP contribution in [0.15, 0.2) is 34.9 Å². The Labute approximate surface area is 533 Å². The second kappa shape index (κ2) is 31.9. The van der Waals surface area contributed by atoms with E-state index in [1.165, 1.54) is 62.2 Å². The fraction of sp³-hybridized carbons (Fsp3) is 0.678. The summed E-state index contributed by atoms with van der Waals surface area (Å²) in [6.45, 7) is 13.8. The molecule has 1 aromatic rings. The Morgan fingerprint density at radius 3 is 2.26 bits per heavy atom. The number of esters is 1. The lowest BCUT2D eigenvalue weighted by Gasteiger charge is -2.46. The summed E-state index contributed by atoms with van der Waals surface area (Å²) in [6.07, 6.45) is -13.2. The van der Waals surface area contributed by atoms with Gasteiger partial charge in [-0.15, -0.1) is 0 Å². The SMILES string of the molecule is CCN[C@H]1CO[C@@H](O[C@H]2[C@H](O[C@H]3C#C/C=C\C#C[C@]4(O)CC(=O)C(CC(=O)OC)=C3/C4=C\CSSC(C)(C)CN)O[C@H](C)[C@@H](NO[C@H]3C[C@H](O)[C@H](SC(=O)c4c(C)c(I)c(O[C@@H]5O[C@@H](C)[C@H](O)[C@@H](OC)[C@H]5O)c(OC)c4OC)[C@@H](C)O3)[C@@H]2O)C[C@@H]1OC. The molecule has 9 N–H and O–H groups in total. The van der Waals surface area contributed by atoms with Crippen molar-refractivity contribution in [2.75, 3.05) is 61.0 Å². The molecule has 1 aromatic carbocycles. The second-order valence-corrected chi connectivity index (χ2v) is 27.4.